The van der Waals surface area contributed by atoms with Gasteiger partial charge in [-0.05, 0) is 0 Å². The Bertz CT molecular complexity index is 194. The van der Waals surface area contributed by atoms with Gasteiger partial charge in [-0.25, -0.2) is 0 Å². The Kier molecular flexibility index (Phi) is 2.81. The number of esters is 1. The van der Waals surface area contributed by atoms with E-state index in [1.54, 1.807) is 0 Å². The van der Waals surface area contributed by atoms with Gasteiger partial charge in [-0.1, -0.05) is 0 Å². The molecule has 4 nitrogen and oxygen atoms in total. The Labute approximate surface area is 71.5 Å². The maximum absolute atomic E-state index is 11.2. The fourth-order valence-corrected chi connectivity index (χ4v) is 1.43. The van der Waals surface area contributed by atoms with E-state index < -0.39 is 5.92 Å². The van der Waals surface area contributed by atoms with Gasteiger partial charge in [-0.2, -0.15) is 0 Å². The van der Waals surface area contributed by atoms with Crippen molar-refractivity contribution in [2.45, 2.75) is 6.42 Å². The number of piperidine rings is 1. The minimum Gasteiger partial charge on any atom is -0.468 e. The predicted molar refractivity (Wildman–Crippen MR) is 41.8 cm³/mol. The number of quaternary nitrogens is 1. The molecule has 1 heterocycles. The minimum atomic E-state index is -0.524. The Morgan fingerprint density at radius 3 is 2.92 bits per heavy atom. The summed E-state index contributed by atoms with van der Waals surface area (Å²) < 4.78 is 4.54. The molecule has 1 aliphatic heterocycles. The number of carbonyl (C=O) groups excluding carboxylic acids is 2. The number of carbonyl (C=O) groups is 2. The number of hydrogen-bond acceptors (Lipinski definition) is 3. The molecule has 0 spiro atoms. The predicted octanol–water partition coefficient (Wildman–Crippen LogP) is -1.74. The van der Waals surface area contributed by atoms with Crippen LogP contribution in [0, 0.1) is 5.92 Å². The topological polar surface area (TPSA) is 47.8 Å². The zero-order chi connectivity index (χ0) is 9.14. The van der Waals surface area contributed by atoms with Crippen LogP contribution < -0.4 is 4.90 Å². The summed E-state index contributed by atoms with van der Waals surface area (Å²) in [6.07, 6.45) is 0.492. The highest BCUT2D eigenvalue weighted by atomic mass is 16.5. The Morgan fingerprint density at radius 1 is 1.67 bits per heavy atom. The van der Waals surface area contributed by atoms with Crippen molar-refractivity contribution in [1.82, 2.24) is 0 Å². The third kappa shape index (κ3) is 1.82. The fourth-order valence-electron chi connectivity index (χ4n) is 1.43. The van der Waals surface area contributed by atoms with Crippen LogP contribution in [0.4, 0.5) is 0 Å². The van der Waals surface area contributed by atoms with Crippen molar-refractivity contribution in [2.75, 3.05) is 27.2 Å². The first-order valence-electron chi connectivity index (χ1n) is 4.07. The Balaban J connectivity index is 2.60. The average molecular weight is 172 g/mol. The van der Waals surface area contributed by atoms with Crippen LogP contribution in [0.25, 0.3) is 0 Å². The zero-order valence-corrected chi connectivity index (χ0v) is 7.42. The summed E-state index contributed by atoms with van der Waals surface area (Å²) in [6, 6.07) is 0. The lowest BCUT2D eigenvalue weighted by molar-refractivity contribution is -0.883. The summed E-state index contributed by atoms with van der Waals surface area (Å²) in [4.78, 5) is 23.5. The molecular weight excluding hydrogens is 158 g/mol. The maximum atomic E-state index is 11.2. The van der Waals surface area contributed by atoms with E-state index in [4.69, 9.17) is 0 Å². The van der Waals surface area contributed by atoms with E-state index in [9.17, 15) is 9.59 Å². The zero-order valence-electron chi connectivity index (χ0n) is 7.42. The van der Waals surface area contributed by atoms with Crippen molar-refractivity contribution in [2.24, 2.45) is 5.92 Å². The maximum Gasteiger partial charge on any atom is 0.322 e. The standard InChI is InChI=1S/C8H13NO3/c1-9-4-3-7(10)6(5-9)8(11)12-2/h6H,3-5H2,1-2H3/p+1/t6-/m0/s1. The second-order valence-electron chi connectivity index (χ2n) is 3.20. The third-order valence-electron chi connectivity index (χ3n) is 2.23. The summed E-state index contributed by atoms with van der Waals surface area (Å²) in [7, 11) is 3.29. The lowest BCUT2D eigenvalue weighted by atomic mass is 9.97. The molecule has 0 aromatic heterocycles. The molecule has 1 fully saturated rings. The summed E-state index contributed by atoms with van der Waals surface area (Å²) in [6.45, 7) is 1.40. The summed E-state index contributed by atoms with van der Waals surface area (Å²) in [5.41, 5.74) is 0. The lowest BCUT2D eigenvalue weighted by Gasteiger charge is -2.23. The van der Waals surface area contributed by atoms with Crippen LogP contribution in [0.2, 0.25) is 0 Å². The highest BCUT2D eigenvalue weighted by Crippen LogP contribution is 2.04. The van der Waals surface area contributed by atoms with Gasteiger partial charge in [0.15, 0.2) is 11.7 Å². The number of rotatable bonds is 1. The molecule has 4 heteroatoms. The van der Waals surface area contributed by atoms with Crippen molar-refractivity contribution in [3.05, 3.63) is 0 Å². The molecule has 0 bridgehead atoms. The average Bonchev–Trinajstić information content (AvgIpc) is 2.08. The normalized spacial score (nSPS) is 30.0. The first-order chi connectivity index (χ1) is 5.65. The van der Waals surface area contributed by atoms with Crippen molar-refractivity contribution in [3.63, 3.8) is 0 Å². The van der Waals surface area contributed by atoms with Gasteiger partial charge in [0.2, 0.25) is 0 Å². The molecule has 2 atom stereocenters. The molecule has 0 amide bonds. The number of Topliss-reactive ketones (excluding diaryl/α,β-unsaturated/α-hetero) is 1. The largest absolute Gasteiger partial charge is 0.468 e. The third-order valence-corrected chi connectivity index (χ3v) is 2.23. The molecular formula is C8H14NO3+. The molecule has 1 saturated heterocycles. The van der Waals surface area contributed by atoms with Crippen LogP contribution in [0.3, 0.4) is 0 Å². The van der Waals surface area contributed by atoms with Gasteiger partial charge in [0.05, 0.1) is 33.7 Å². The van der Waals surface area contributed by atoms with E-state index in [1.165, 1.54) is 12.0 Å². The van der Waals surface area contributed by atoms with Crippen molar-refractivity contribution >= 4 is 11.8 Å². The van der Waals surface area contributed by atoms with Crippen LogP contribution in [0.15, 0.2) is 0 Å². The van der Waals surface area contributed by atoms with Crippen molar-refractivity contribution in [3.8, 4) is 0 Å². The minimum absolute atomic E-state index is 0.0208. The fraction of sp³-hybridized carbons (Fsp3) is 0.750. The summed E-state index contributed by atoms with van der Waals surface area (Å²) >= 11 is 0. The number of methoxy groups -OCH3 is 1. The molecule has 0 radical (unpaired) electrons. The molecule has 0 aromatic rings. The van der Waals surface area contributed by atoms with Crippen LogP contribution in [-0.2, 0) is 14.3 Å². The first kappa shape index (κ1) is 9.19. The molecule has 0 aliphatic carbocycles. The van der Waals surface area contributed by atoms with E-state index in [1.807, 2.05) is 7.05 Å². The lowest BCUT2D eigenvalue weighted by Crippen LogP contribution is -3.11. The highest BCUT2D eigenvalue weighted by Gasteiger charge is 2.34. The Hall–Kier alpha value is -0.900. The van der Waals surface area contributed by atoms with Crippen LogP contribution in [-0.4, -0.2) is 39.0 Å². The summed E-state index contributed by atoms with van der Waals surface area (Å²) in [5, 5.41) is 0. The quantitative estimate of drug-likeness (QED) is 0.377. The van der Waals surface area contributed by atoms with Crippen LogP contribution >= 0.6 is 0 Å². The number of nitrogens with one attached hydrogen (secondary N) is 1. The Morgan fingerprint density at radius 2 is 2.33 bits per heavy atom. The number of ether oxygens (including phenoxy) is 1. The number of hydrogen-bond donors (Lipinski definition) is 1. The smallest absolute Gasteiger partial charge is 0.322 e. The van der Waals surface area contributed by atoms with Crippen LogP contribution in [0.1, 0.15) is 6.42 Å². The van der Waals surface area contributed by atoms with Gasteiger partial charge in [-0.3, -0.25) is 9.59 Å². The van der Waals surface area contributed by atoms with Gasteiger partial charge in [-0.15, -0.1) is 0 Å². The number of likely N-dealkylation sites (tertiary alicyclic amines) is 1. The second-order valence-corrected chi connectivity index (χ2v) is 3.20. The first-order valence-corrected chi connectivity index (χ1v) is 4.07. The van der Waals surface area contributed by atoms with Crippen LogP contribution in [0.5, 0.6) is 0 Å². The molecule has 1 N–H and O–H groups in total. The van der Waals surface area contributed by atoms with Crippen molar-refractivity contribution in [1.29, 1.82) is 0 Å². The molecule has 1 unspecified atom stereocenters. The van der Waals surface area contributed by atoms with E-state index in [0.717, 1.165) is 6.54 Å². The SMILES string of the molecule is COC(=O)[C@H]1C[NH+](C)CCC1=O. The molecule has 1 aliphatic rings. The second kappa shape index (κ2) is 3.67. The molecule has 68 valence electrons. The molecule has 0 aromatic carbocycles. The van der Waals surface area contributed by atoms with Crippen molar-refractivity contribution < 1.29 is 19.2 Å². The van der Waals surface area contributed by atoms with Gasteiger partial charge < -0.3 is 9.64 Å². The van der Waals surface area contributed by atoms with Gasteiger partial charge in [0, 0.05) is 0 Å². The van der Waals surface area contributed by atoms with Gasteiger partial charge in [0.1, 0.15) is 0 Å². The molecule has 12 heavy (non-hydrogen) atoms. The van der Waals surface area contributed by atoms with Gasteiger partial charge >= 0.3 is 5.97 Å². The van der Waals surface area contributed by atoms with E-state index >= 15 is 0 Å². The van der Waals surface area contributed by atoms with E-state index in [2.05, 4.69) is 4.74 Å². The highest BCUT2D eigenvalue weighted by molar-refractivity contribution is 5.99. The van der Waals surface area contributed by atoms with E-state index in [0.29, 0.717) is 13.0 Å². The van der Waals surface area contributed by atoms with Gasteiger partial charge in [0.25, 0.3) is 0 Å². The summed E-state index contributed by atoms with van der Waals surface area (Å²) in [5.74, 6) is -0.893. The molecule has 1 rings (SSSR count). The number of ketones is 1. The van der Waals surface area contributed by atoms with E-state index in [-0.39, 0.29) is 11.8 Å². The monoisotopic (exact) mass is 172 g/mol. The molecule has 0 saturated carbocycles.